The van der Waals surface area contributed by atoms with E-state index >= 15 is 0 Å². The Morgan fingerprint density at radius 2 is 0.789 bits per heavy atom. The van der Waals surface area contributed by atoms with Crippen molar-refractivity contribution in [3.63, 3.8) is 0 Å². The van der Waals surface area contributed by atoms with Gasteiger partial charge in [-0.25, -0.2) is 0 Å². The highest BCUT2D eigenvalue weighted by molar-refractivity contribution is 6.12. The number of para-hydroxylation sites is 3. The number of furan rings is 1. The Morgan fingerprint density at radius 3 is 1.34 bits per heavy atom. The Morgan fingerprint density at radius 1 is 0.355 bits per heavy atom. The van der Waals surface area contributed by atoms with Gasteiger partial charge in [-0.1, -0.05) is 162 Å². The van der Waals surface area contributed by atoms with E-state index in [-0.39, 0.29) is 11.0 Å². The van der Waals surface area contributed by atoms with Gasteiger partial charge in [0.15, 0.2) is 0 Å². The molecule has 13 rings (SSSR count). The molecule has 0 atom stereocenters. The summed E-state index contributed by atoms with van der Waals surface area (Å²) < 4.78 is 18.6. The van der Waals surface area contributed by atoms with E-state index in [4.69, 9.17) is 9.15 Å². The van der Waals surface area contributed by atoms with Gasteiger partial charge in [-0.3, -0.25) is 0 Å². The molecular weight excluding hydrogens is 925 g/mol. The second-order valence-electron chi connectivity index (χ2n) is 21.4. The lowest BCUT2D eigenvalue weighted by molar-refractivity contribution is 0.0816. The minimum atomic E-state index is -0.314. The van der Waals surface area contributed by atoms with E-state index in [9.17, 15) is 0 Å². The molecule has 13 aromatic rings. The first-order valence-electron chi connectivity index (χ1n) is 27.3. The van der Waals surface area contributed by atoms with Crippen LogP contribution in [0.1, 0.15) is 72.8 Å². The predicted octanol–water partition coefficient (Wildman–Crippen LogP) is 20.5. The van der Waals surface area contributed by atoms with Gasteiger partial charge >= 0.3 is 0 Å². The molecule has 4 heteroatoms. The SMILES string of the molecule is CCC(C)(CC)Oc1c(-c2ccccc2)cc(C(C)(CC)CC)cc1-c1ccc(-n2c3ccccc3c3cc(-c4ccc5oc6ccc(-c7cccc(-n8c9ccccc9c9ccccc98)c7)cc6c5c4)ccc32)cc1. The minimum absolute atomic E-state index is 0.0167. The summed E-state index contributed by atoms with van der Waals surface area (Å²) in [5.74, 6) is 0.955. The van der Waals surface area contributed by atoms with Crippen LogP contribution in [0.5, 0.6) is 5.75 Å². The number of hydrogen-bond donors (Lipinski definition) is 0. The number of fused-ring (bicyclic) bond motifs is 9. The summed E-state index contributed by atoms with van der Waals surface area (Å²) >= 11 is 0. The summed E-state index contributed by atoms with van der Waals surface area (Å²) in [5, 5.41) is 7.17. The van der Waals surface area contributed by atoms with Crippen LogP contribution in [0.25, 0.3) is 121 Å². The summed E-state index contributed by atoms with van der Waals surface area (Å²) in [6.45, 7) is 13.8. The largest absolute Gasteiger partial charge is 0.486 e. The van der Waals surface area contributed by atoms with Gasteiger partial charge in [0.25, 0.3) is 0 Å². The van der Waals surface area contributed by atoms with Crippen LogP contribution < -0.4 is 4.74 Å². The lowest BCUT2D eigenvalue weighted by Gasteiger charge is -2.34. The predicted molar refractivity (Wildman–Crippen MR) is 322 cm³/mol. The van der Waals surface area contributed by atoms with Crippen LogP contribution in [-0.2, 0) is 5.41 Å². The minimum Gasteiger partial charge on any atom is -0.486 e. The molecule has 3 aromatic heterocycles. The van der Waals surface area contributed by atoms with Gasteiger partial charge in [-0.05, 0) is 168 Å². The fraction of sp³-hybridized carbons (Fsp3) is 0.167. The van der Waals surface area contributed by atoms with Crippen LogP contribution in [0, 0.1) is 0 Å². The Hall–Kier alpha value is -8.60. The van der Waals surface area contributed by atoms with E-state index < -0.39 is 0 Å². The number of nitrogens with zero attached hydrogens (tertiary/aromatic N) is 2. The van der Waals surface area contributed by atoms with E-state index in [1.54, 1.807) is 0 Å². The van der Waals surface area contributed by atoms with Gasteiger partial charge in [-0.15, -0.1) is 0 Å². The monoisotopic (exact) mass is 986 g/mol. The van der Waals surface area contributed by atoms with Gasteiger partial charge in [0.1, 0.15) is 22.5 Å². The number of hydrogen-bond acceptors (Lipinski definition) is 2. The molecule has 0 amide bonds. The summed E-state index contributed by atoms with van der Waals surface area (Å²) in [6.07, 6.45) is 3.91. The van der Waals surface area contributed by atoms with Crippen molar-refractivity contribution in [1.29, 1.82) is 0 Å². The maximum Gasteiger partial charge on any atom is 0.135 e. The maximum absolute atomic E-state index is 7.26. The van der Waals surface area contributed by atoms with Crippen LogP contribution >= 0.6 is 0 Å². The molecule has 4 nitrogen and oxygen atoms in total. The summed E-state index contributed by atoms with van der Waals surface area (Å²) in [7, 11) is 0. The first-order valence-corrected chi connectivity index (χ1v) is 27.3. The summed E-state index contributed by atoms with van der Waals surface area (Å²) in [6, 6.07) is 80.1. The fourth-order valence-corrected chi connectivity index (χ4v) is 11.8. The zero-order chi connectivity index (χ0) is 51.7. The quantitative estimate of drug-likeness (QED) is 0.115. The first kappa shape index (κ1) is 47.1. The Balaban J connectivity index is 0.882. The van der Waals surface area contributed by atoms with Crippen molar-refractivity contribution in [2.75, 3.05) is 0 Å². The van der Waals surface area contributed by atoms with Crippen molar-refractivity contribution in [3.05, 3.63) is 224 Å². The highest BCUT2D eigenvalue weighted by atomic mass is 16.5. The Kier molecular flexibility index (Phi) is 11.6. The van der Waals surface area contributed by atoms with Crippen LogP contribution in [0.4, 0.5) is 0 Å². The normalized spacial score (nSPS) is 12.3. The fourth-order valence-electron chi connectivity index (χ4n) is 11.8. The van der Waals surface area contributed by atoms with Crippen LogP contribution in [0.15, 0.2) is 223 Å². The second kappa shape index (κ2) is 18.7. The molecule has 76 heavy (non-hydrogen) atoms. The van der Waals surface area contributed by atoms with Crippen molar-refractivity contribution in [3.8, 4) is 61.6 Å². The topological polar surface area (TPSA) is 32.2 Å². The third-order valence-corrected chi connectivity index (χ3v) is 17.2. The van der Waals surface area contributed by atoms with Gasteiger partial charge < -0.3 is 18.3 Å². The molecular formula is C72H62N2O2. The standard InChI is InChI=1S/C72H62N2O2/c1-7-71(5,8-2)53-45-59(47-21-12-11-13-22-47)70(76-72(6,9-3)10-4)60(46-53)48-31-36-54(37-32-48)73-66-30-19-16-27-58(66)61-42-50(33-38-67(61)73)52-35-40-69-63(44-52)62-43-51(34-39-68(62)75-69)49-23-20-24-55(41-49)74-64-28-17-14-25-56(64)57-26-15-18-29-65(57)74/h11-46H,7-10H2,1-6H3. The average Bonchev–Trinajstić information content (AvgIpc) is 4.21. The molecule has 0 spiro atoms. The van der Waals surface area contributed by atoms with E-state index in [2.05, 4.69) is 269 Å². The van der Waals surface area contributed by atoms with E-state index in [1.807, 2.05) is 0 Å². The summed E-state index contributed by atoms with van der Waals surface area (Å²) in [5.41, 5.74) is 19.0. The van der Waals surface area contributed by atoms with Crippen molar-refractivity contribution in [2.24, 2.45) is 0 Å². The highest BCUT2D eigenvalue weighted by Crippen LogP contribution is 2.47. The third kappa shape index (κ3) is 7.81. The van der Waals surface area contributed by atoms with Crippen LogP contribution in [-0.4, -0.2) is 14.7 Å². The van der Waals surface area contributed by atoms with E-state index in [0.29, 0.717) is 0 Å². The maximum atomic E-state index is 7.26. The van der Waals surface area contributed by atoms with Gasteiger partial charge in [0.05, 0.1) is 22.1 Å². The van der Waals surface area contributed by atoms with E-state index in [0.717, 1.165) is 104 Å². The zero-order valence-corrected chi connectivity index (χ0v) is 44.3. The van der Waals surface area contributed by atoms with Crippen LogP contribution in [0.3, 0.4) is 0 Å². The Bertz CT molecular complexity index is 4280. The third-order valence-electron chi connectivity index (χ3n) is 17.2. The van der Waals surface area contributed by atoms with Gasteiger partial charge in [0, 0.05) is 54.8 Å². The van der Waals surface area contributed by atoms with E-state index in [1.165, 1.54) is 54.7 Å². The van der Waals surface area contributed by atoms with Crippen molar-refractivity contribution >= 4 is 65.6 Å². The van der Waals surface area contributed by atoms with Gasteiger partial charge in [0.2, 0.25) is 0 Å². The Labute approximate surface area is 445 Å². The molecule has 0 fully saturated rings. The lowest BCUT2D eigenvalue weighted by Crippen LogP contribution is -2.31. The smallest absolute Gasteiger partial charge is 0.135 e. The lowest BCUT2D eigenvalue weighted by atomic mass is 9.75. The molecule has 0 aliphatic rings. The molecule has 0 saturated heterocycles. The molecule has 0 bridgehead atoms. The molecule has 0 aliphatic heterocycles. The molecule has 10 aromatic carbocycles. The zero-order valence-electron chi connectivity index (χ0n) is 44.3. The molecule has 0 aliphatic carbocycles. The second-order valence-corrected chi connectivity index (χ2v) is 21.4. The number of benzene rings is 10. The van der Waals surface area contributed by atoms with Crippen molar-refractivity contribution in [2.45, 2.75) is 78.2 Å². The number of aromatic nitrogens is 2. The summed E-state index contributed by atoms with van der Waals surface area (Å²) in [4.78, 5) is 0. The van der Waals surface area contributed by atoms with Crippen molar-refractivity contribution in [1.82, 2.24) is 9.13 Å². The molecule has 0 N–H and O–H groups in total. The molecule has 0 radical (unpaired) electrons. The number of rotatable bonds is 13. The molecule has 0 unspecified atom stereocenters. The first-order chi connectivity index (χ1) is 37.2. The van der Waals surface area contributed by atoms with Crippen molar-refractivity contribution < 1.29 is 9.15 Å². The molecule has 372 valence electrons. The van der Waals surface area contributed by atoms with Gasteiger partial charge in [-0.2, -0.15) is 0 Å². The molecule has 0 saturated carbocycles. The molecule has 3 heterocycles. The van der Waals surface area contributed by atoms with Crippen LogP contribution in [0.2, 0.25) is 0 Å². The average molecular weight is 987 g/mol. The number of ether oxygens (including phenoxy) is 1. The highest BCUT2D eigenvalue weighted by Gasteiger charge is 2.30.